The van der Waals surface area contributed by atoms with Crippen molar-refractivity contribution in [3.8, 4) is 0 Å². The third-order valence-electron chi connectivity index (χ3n) is 4.00. The van der Waals surface area contributed by atoms with Crippen LogP contribution >= 0.6 is 0 Å². The van der Waals surface area contributed by atoms with E-state index in [-0.39, 0.29) is 17.5 Å². The number of aromatic nitrogens is 4. The Morgan fingerprint density at radius 2 is 1.96 bits per heavy atom. The highest BCUT2D eigenvalue weighted by Gasteiger charge is 2.23. The normalized spacial score (nSPS) is 15.3. The Labute approximate surface area is 139 Å². The fourth-order valence-electron chi connectivity index (χ4n) is 2.72. The molecule has 0 aliphatic carbocycles. The molecule has 24 heavy (non-hydrogen) atoms. The number of aryl methyl sites for hydroxylation is 2. The first-order chi connectivity index (χ1) is 11.5. The monoisotopic (exact) mass is 328 g/mol. The number of nitrogens with one attached hydrogen (secondary N) is 2. The lowest BCUT2D eigenvalue weighted by Gasteiger charge is -2.32. The molecular formula is C16H20N6O2. The number of anilines is 1. The van der Waals surface area contributed by atoms with Crippen molar-refractivity contribution in [1.82, 2.24) is 25.3 Å². The molecule has 0 atom stereocenters. The van der Waals surface area contributed by atoms with Crippen LogP contribution in [-0.2, 0) is 0 Å². The largest absolute Gasteiger partial charge is 0.348 e. The van der Waals surface area contributed by atoms with Gasteiger partial charge in [0.25, 0.3) is 11.5 Å². The van der Waals surface area contributed by atoms with Crippen molar-refractivity contribution >= 4 is 11.9 Å². The number of carbonyl (C=O) groups excluding carboxylic acids is 1. The number of amides is 1. The van der Waals surface area contributed by atoms with Crippen molar-refractivity contribution in [1.29, 1.82) is 0 Å². The maximum Gasteiger partial charge on any atom is 0.271 e. The van der Waals surface area contributed by atoms with Crippen LogP contribution < -0.4 is 15.8 Å². The van der Waals surface area contributed by atoms with Crippen LogP contribution in [0.5, 0.6) is 0 Å². The minimum absolute atomic E-state index is 0.0772. The molecule has 3 heterocycles. The van der Waals surface area contributed by atoms with Gasteiger partial charge in [0, 0.05) is 37.1 Å². The molecule has 0 bridgehead atoms. The van der Waals surface area contributed by atoms with E-state index in [0.29, 0.717) is 17.3 Å². The minimum atomic E-state index is -0.206. The predicted molar refractivity (Wildman–Crippen MR) is 89.1 cm³/mol. The number of hydrogen-bond donors (Lipinski definition) is 2. The second-order valence-corrected chi connectivity index (χ2v) is 5.99. The van der Waals surface area contributed by atoms with Gasteiger partial charge in [-0.3, -0.25) is 19.6 Å². The second kappa shape index (κ2) is 6.77. The van der Waals surface area contributed by atoms with E-state index in [4.69, 9.17) is 0 Å². The van der Waals surface area contributed by atoms with Crippen LogP contribution in [0, 0.1) is 13.8 Å². The first kappa shape index (κ1) is 16.1. The molecule has 2 N–H and O–H groups in total. The molecule has 1 aliphatic heterocycles. The van der Waals surface area contributed by atoms with Crippen molar-refractivity contribution in [2.24, 2.45) is 0 Å². The maximum absolute atomic E-state index is 12.2. The van der Waals surface area contributed by atoms with E-state index < -0.39 is 0 Å². The maximum atomic E-state index is 12.2. The van der Waals surface area contributed by atoms with E-state index >= 15 is 0 Å². The Morgan fingerprint density at radius 1 is 1.21 bits per heavy atom. The lowest BCUT2D eigenvalue weighted by molar-refractivity contribution is 0.0925. The highest BCUT2D eigenvalue weighted by molar-refractivity contribution is 5.92. The highest BCUT2D eigenvalue weighted by atomic mass is 16.2. The van der Waals surface area contributed by atoms with Crippen LogP contribution in [-0.4, -0.2) is 45.0 Å². The summed E-state index contributed by atoms with van der Waals surface area (Å²) in [4.78, 5) is 41.1. The number of carbonyl (C=O) groups is 1. The first-order valence-corrected chi connectivity index (χ1v) is 7.94. The first-order valence-electron chi connectivity index (χ1n) is 7.94. The molecular weight excluding hydrogens is 308 g/mol. The number of nitrogens with zero attached hydrogens (tertiary/aromatic N) is 4. The van der Waals surface area contributed by atoms with Gasteiger partial charge in [-0.2, -0.15) is 0 Å². The van der Waals surface area contributed by atoms with Gasteiger partial charge in [-0.1, -0.05) is 0 Å². The van der Waals surface area contributed by atoms with Gasteiger partial charge in [0.05, 0.1) is 11.9 Å². The summed E-state index contributed by atoms with van der Waals surface area (Å²) in [5.74, 6) is 0.386. The van der Waals surface area contributed by atoms with Crippen LogP contribution in [0.1, 0.15) is 34.7 Å². The third-order valence-corrected chi connectivity index (χ3v) is 4.00. The van der Waals surface area contributed by atoms with Gasteiger partial charge in [-0.05, 0) is 26.7 Å². The minimum Gasteiger partial charge on any atom is -0.348 e. The van der Waals surface area contributed by atoms with E-state index in [0.717, 1.165) is 31.6 Å². The topological polar surface area (TPSA) is 104 Å². The molecule has 8 nitrogen and oxygen atoms in total. The van der Waals surface area contributed by atoms with Crippen molar-refractivity contribution < 1.29 is 4.79 Å². The molecule has 2 aromatic rings. The molecule has 0 aromatic carbocycles. The summed E-state index contributed by atoms with van der Waals surface area (Å²) in [5.41, 5.74) is 1.65. The number of rotatable bonds is 3. The van der Waals surface area contributed by atoms with E-state index in [2.05, 4.69) is 25.3 Å². The van der Waals surface area contributed by atoms with E-state index in [1.807, 2.05) is 11.8 Å². The Hall–Kier alpha value is -2.77. The molecule has 126 valence electrons. The van der Waals surface area contributed by atoms with Crippen LogP contribution in [0.2, 0.25) is 0 Å². The van der Waals surface area contributed by atoms with Crippen molar-refractivity contribution in [3.05, 3.63) is 45.9 Å². The van der Waals surface area contributed by atoms with Crippen LogP contribution in [0.15, 0.2) is 23.3 Å². The molecule has 0 saturated carbocycles. The summed E-state index contributed by atoms with van der Waals surface area (Å²) < 4.78 is 0. The van der Waals surface area contributed by atoms with E-state index in [1.54, 1.807) is 13.1 Å². The Balaban J connectivity index is 1.58. The fourth-order valence-corrected chi connectivity index (χ4v) is 2.72. The standard InChI is InChI=1S/C16H20N6O2/c1-10-7-14(23)21-16(19-10)22-5-3-12(4-6-22)20-15(24)13-9-17-11(2)8-18-13/h7-9,12H,3-6H2,1-2H3,(H,20,24)(H,19,21,23). The Morgan fingerprint density at radius 3 is 2.58 bits per heavy atom. The highest BCUT2D eigenvalue weighted by Crippen LogP contribution is 2.15. The van der Waals surface area contributed by atoms with Gasteiger partial charge in [0.2, 0.25) is 5.95 Å². The molecule has 1 amide bonds. The summed E-state index contributed by atoms with van der Waals surface area (Å²) in [5, 5.41) is 2.99. The quantitative estimate of drug-likeness (QED) is 0.854. The Kier molecular flexibility index (Phi) is 4.54. The van der Waals surface area contributed by atoms with Gasteiger partial charge in [0.15, 0.2) is 0 Å². The van der Waals surface area contributed by atoms with Gasteiger partial charge < -0.3 is 10.2 Å². The Bertz CT molecular complexity index is 778. The summed E-state index contributed by atoms with van der Waals surface area (Å²) >= 11 is 0. The second-order valence-electron chi connectivity index (χ2n) is 5.99. The van der Waals surface area contributed by atoms with Crippen LogP contribution in [0.4, 0.5) is 5.95 Å². The molecule has 0 radical (unpaired) electrons. The summed E-state index contributed by atoms with van der Waals surface area (Å²) in [6.07, 6.45) is 4.63. The van der Waals surface area contributed by atoms with Crippen molar-refractivity contribution in [2.75, 3.05) is 18.0 Å². The van der Waals surface area contributed by atoms with E-state index in [9.17, 15) is 9.59 Å². The third kappa shape index (κ3) is 3.76. The molecule has 3 rings (SSSR count). The summed E-state index contributed by atoms with van der Waals surface area (Å²) in [6, 6.07) is 1.55. The lowest BCUT2D eigenvalue weighted by Crippen LogP contribution is -2.45. The molecule has 1 fully saturated rings. The summed E-state index contributed by atoms with van der Waals surface area (Å²) in [6.45, 7) is 5.07. The SMILES string of the molecule is Cc1cnc(C(=O)NC2CCN(c3nc(C)cc(=O)[nH]3)CC2)cn1. The fraction of sp³-hybridized carbons (Fsp3) is 0.438. The van der Waals surface area contributed by atoms with Gasteiger partial charge in [0.1, 0.15) is 5.69 Å². The van der Waals surface area contributed by atoms with Gasteiger partial charge >= 0.3 is 0 Å². The zero-order chi connectivity index (χ0) is 17.1. The van der Waals surface area contributed by atoms with E-state index in [1.165, 1.54) is 12.3 Å². The average Bonchev–Trinajstić information content (AvgIpc) is 2.55. The number of hydrogen-bond acceptors (Lipinski definition) is 6. The zero-order valence-electron chi connectivity index (χ0n) is 13.7. The molecule has 8 heteroatoms. The molecule has 0 spiro atoms. The van der Waals surface area contributed by atoms with Gasteiger partial charge in [-0.15, -0.1) is 0 Å². The van der Waals surface area contributed by atoms with Crippen molar-refractivity contribution in [3.63, 3.8) is 0 Å². The molecule has 1 aliphatic rings. The summed E-state index contributed by atoms with van der Waals surface area (Å²) in [7, 11) is 0. The zero-order valence-corrected chi connectivity index (χ0v) is 13.7. The van der Waals surface area contributed by atoms with Crippen LogP contribution in [0.3, 0.4) is 0 Å². The number of H-pyrrole nitrogens is 1. The number of aromatic amines is 1. The average molecular weight is 328 g/mol. The molecule has 0 unspecified atom stereocenters. The number of piperidine rings is 1. The molecule has 2 aromatic heterocycles. The predicted octanol–water partition coefficient (Wildman–Crippen LogP) is 0.576. The lowest BCUT2D eigenvalue weighted by atomic mass is 10.1. The van der Waals surface area contributed by atoms with Crippen LogP contribution in [0.25, 0.3) is 0 Å². The van der Waals surface area contributed by atoms with Crippen molar-refractivity contribution in [2.45, 2.75) is 32.7 Å². The smallest absolute Gasteiger partial charge is 0.271 e. The molecule has 1 saturated heterocycles. The van der Waals surface area contributed by atoms with Gasteiger partial charge in [-0.25, -0.2) is 9.97 Å².